The van der Waals surface area contributed by atoms with Gasteiger partial charge in [0.05, 0.1) is 0 Å². The first-order valence-electron chi connectivity index (χ1n) is 4.02. The van der Waals surface area contributed by atoms with Gasteiger partial charge in [0.15, 0.2) is 5.11 Å². The minimum absolute atomic E-state index is 0.295. The van der Waals surface area contributed by atoms with Crippen molar-refractivity contribution in [2.24, 2.45) is 11.5 Å². The molecular weight excluding hydrogens is 214 g/mol. The molecule has 3 amide bonds. The summed E-state index contributed by atoms with van der Waals surface area (Å²) in [6, 6.07) is 7.15. The zero-order valence-electron chi connectivity index (χ0n) is 7.71. The lowest BCUT2D eigenvalue weighted by Gasteiger charge is -2.15. The van der Waals surface area contributed by atoms with E-state index in [1.807, 2.05) is 0 Å². The maximum atomic E-state index is 11.7. The number of nitrogens with zero attached hydrogens (tertiary/aromatic N) is 1. The number of thiocarbonyl (C=S) groups is 1. The van der Waals surface area contributed by atoms with E-state index in [4.69, 9.17) is 11.5 Å². The number of hydrogen-bond donors (Lipinski definition) is 2. The number of carbonyl (C=O) groups excluding carboxylic acids is 2. The van der Waals surface area contributed by atoms with Crippen molar-refractivity contribution < 1.29 is 9.59 Å². The van der Waals surface area contributed by atoms with Crippen LogP contribution >= 0.6 is 12.2 Å². The fraction of sp³-hybridized carbons (Fsp3) is 0. The maximum absolute atomic E-state index is 11.7. The number of rotatable bonds is 1. The predicted octanol–water partition coefficient (Wildman–Crippen LogP) is 0.451. The first-order chi connectivity index (χ1) is 7.04. The molecule has 0 aliphatic rings. The first kappa shape index (κ1) is 11.1. The molecule has 0 atom stereocenters. The number of imide groups is 1. The van der Waals surface area contributed by atoms with Gasteiger partial charge in [-0.1, -0.05) is 18.2 Å². The second-order valence-corrected chi connectivity index (χ2v) is 3.10. The fourth-order valence-corrected chi connectivity index (χ4v) is 1.19. The topological polar surface area (TPSA) is 89.4 Å². The van der Waals surface area contributed by atoms with Crippen molar-refractivity contribution in [1.82, 2.24) is 4.90 Å². The number of amides is 3. The van der Waals surface area contributed by atoms with Crippen LogP contribution in [0.5, 0.6) is 0 Å². The molecule has 78 valence electrons. The monoisotopic (exact) mass is 223 g/mol. The summed E-state index contributed by atoms with van der Waals surface area (Å²) in [5, 5.41) is -0.364. The average molecular weight is 223 g/mol. The molecule has 0 saturated carbocycles. The Bertz CT molecular complexity index is 391. The number of carbonyl (C=O) groups is 2. The van der Waals surface area contributed by atoms with Crippen molar-refractivity contribution >= 4 is 29.3 Å². The van der Waals surface area contributed by atoms with Crippen molar-refractivity contribution in [3.05, 3.63) is 35.9 Å². The Kier molecular flexibility index (Phi) is 3.35. The molecule has 6 heteroatoms. The lowest BCUT2D eigenvalue weighted by molar-refractivity contribution is 0.0879. The Hall–Kier alpha value is -1.95. The third kappa shape index (κ3) is 2.50. The average Bonchev–Trinajstić information content (AvgIpc) is 2.18. The van der Waals surface area contributed by atoms with Crippen LogP contribution in [0.1, 0.15) is 10.4 Å². The Labute approximate surface area is 91.6 Å². The van der Waals surface area contributed by atoms with Gasteiger partial charge in [0, 0.05) is 5.56 Å². The van der Waals surface area contributed by atoms with Crippen LogP contribution in [0.15, 0.2) is 30.3 Å². The Balaban J connectivity index is 3.02. The summed E-state index contributed by atoms with van der Waals surface area (Å²) < 4.78 is 0. The molecule has 4 N–H and O–H groups in total. The Morgan fingerprint density at radius 3 is 2.07 bits per heavy atom. The quantitative estimate of drug-likeness (QED) is 0.676. The molecule has 0 saturated heterocycles. The van der Waals surface area contributed by atoms with Crippen LogP contribution in [0.3, 0.4) is 0 Å². The predicted molar refractivity (Wildman–Crippen MR) is 59.0 cm³/mol. The van der Waals surface area contributed by atoms with Crippen LogP contribution in [0.2, 0.25) is 0 Å². The summed E-state index contributed by atoms with van der Waals surface area (Å²) in [6.45, 7) is 0. The molecule has 0 aliphatic carbocycles. The number of nitrogens with two attached hydrogens (primary N) is 2. The fourth-order valence-electron chi connectivity index (χ4n) is 1.02. The highest BCUT2D eigenvalue weighted by molar-refractivity contribution is 7.80. The molecule has 1 rings (SSSR count). The van der Waals surface area contributed by atoms with Gasteiger partial charge in [-0.2, -0.15) is 0 Å². The third-order valence-corrected chi connectivity index (χ3v) is 1.85. The van der Waals surface area contributed by atoms with Gasteiger partial charge in [-0.15, -0.1) is 0 Å². The van der Waals surface area contributed by atoms with Crippen LogP contribution in [0, 0.1) is 0 Å². The normalized spacial score (nSPS) is 9.33. The molecule has 0 spiro atoms. The van der Waals surface area contributed by atoms with Crippen LogP contribution < -0.4 is 11.5 Å². The van der Waals surface area contributed by atoms with E-state index in [2.05, 4.69) is 12.2 Å². The summed E-state index contributed by atoms with van der Waals surface area (Å²) in [5.41, 5.74) is 10.5. The van der Waals surface area contributed by atoms with Crippen molar-refractivity contribution in [2.75, 3.05) is 0 Å². The molecule has 0 heterocycles. The van der Waals surface area contributed by atoms with Crippen molar-refractivity contribution in [3.63, 3.8) is 0 Å². The number of urea groups is 1. The van der Waals surface area contributed by atoms with Crippen molar-refractivity contribution in [3.8, 4) is 0 Å². The largest absolute Gasteiger partial charge is 0.375 e. The van der Waals surface area contributed by atoms with Gasteiger partial charge in [0.2, 0.25) is 0 Å². The Morgan fingerprint density at radius 1 is 1.13 bits per heavy atom. The van der Waals surface area contributed by atoms with Gasteiger partial charge in [0.1, 0.15) is 0 Å². The zero-order chi connectivity index (χ0) is 11.4. The highest BCUT2D eigenvalue weighted by Crippen LogP contribution is 2.04. The molecule has 0 radical (unpaired) electrons. The minimum Gasteiger partial charge on any atom is -0.375 e. The molecule has 0 unspecified atom stereocenters. The van der Waals surface area contributed by atoms with Gasteiger partial charge in [0.25, 0.3) is 5.91 Å². The molecule has 5 nitrogen and oxygen atoms in total. The molecule has 0 aromatic heterocycles. The van der Waals surface area contributed by atoms with Gasteiger partial charge in [-0.3, -0.25) is 4.79 Å². The van der Waals surface area contributed by atoms with Gasteiger partial charge in [-0.25, -0.2) is 9.69 Å². The molecular formula is C9H9N3O2S. The number of hydrogen-bond acceptors (Lipinski definition) is 3. The zero-order valence-corrected chi connectivity index (χ0v) is 8.53. The van der Waals surface area contributed by atoms with Crippen LogP contribution in [-0.2, 0) is 0 Å². The third-order valence-electron chi connectivity index (χ3n) is 1.66. The molecule has 0 bridgehead atoms. The minimum atomic E-state index is -0.989. The molecule has 15 heavy (non-hydrogen) atoms. The lowest BCUT2D eigenvalue weighted by atomic mass is 10.2. The highest BCUT2D eigenvalue weighted by Gasteiger charge is 2.22. The highest BCUT2D eigenvalue weighted by atomic mass is 32.1. The Morgan fingerprint density at radius 2 is 1.67 bits per heavy atom. The van der Waals surface area contributed by atoms with Gasteiger partial charge in [-0.05, 0) is 24.4 Å². The molecule has 1 aromatic carbocycles. The smallest absolute Gasteiger partial charge is 0.328 e. The van der Waals surface area contributed by atoms with Gasteiger partial charge >= 0.3 is 6.03 Å². The summed E-state index contributed by atoms with van der Waals surface area (Å²) in [7, 11) is 0. The van der Waals surface area contributed by atoms with E-state index in [9.17, 15) is 9.59 Å². The standard InChI is InChI=1S/C9H9N3O2S/c10-8(14)12(9(11)15)7(13)6-4-2-1-3-5-6/h1-5H,(H2,10,14)(H2,11,15). The van der Waals surface area contributed by atoms with E-state index in [1.165, 1.54) is 12.1 Å². The summed E-state index contributed by atoms with van der Waals surface area (Å²) in [4.78, 5) is 23.1. The van der Waals surface area contributed by atoms with Crippen LogP contribution in [0.25, 0.3) is 0 Å². The van der Waals surface area contributed by atoms with E-state index in [1.54, 1.807) is 18.2 Å². The summed E-state index contributed by atoms with van der Waals surface area (Å²) in [5.74, 6) is -0.629. The second kappa shape index (κ2) is 4.52. The lowest BCUT2D eigenvalue weighted by Crippen LogP contribution is -2.47. The molecule has 0 fully saturated rings. The summed E-state index contributed by atoms with van der Waals surface area (Å²) >= 11 is 4.55. The van der Waals surface area contributed by atoms with E-state index in [-0.39, 0.29) is 5.11 Å². The van der Waals surface area contributed by atoms with E-state index >= 15 is 0 Å². The number of primary amides is 1. The maximum Gasteiger partial charge on any atom is 0.328 e. The van der Waals surface area contributed by atoms with Crippen molar-refractivity contribution in [2.45, 2.75) is 0 Å². The SMILES string of the molecule is NC(=O)N(C(=O)c1ccccc1)C(N)=S. The van der Waals surface area contributed by atoms with E-state index < -0.39 is 11.9 Å². The van der Waals surface area contributed by atoms with E-state index in [0.717, 1.165) is 0 Å². The van der Waals surface area contributed by atoms with Crippen molar-refractivity contribution in [1.29, 1.82) is 0 Å². The second-order valence-electron chi connectivity index (χ2n) is 2.68. The summed E-state index contributed by atoms with van der Waals surface area (Å²) in [6.07, 6.45) is 0. The molecule has 0 aliphatic heterocycles. The molecule has 1 aromatic rings. The van der Waals surface area contributed by atoms with Crippen LogP contribution in [-0.4, -0.2) is 22.0 Å². The first-order valence-corrected chi connectivity index (χ1v) is 4.43. The van der Waals surface area contributed by atoms with Crippen LogP contribution in [0.4, 0.5) is 4.79 Å². The number of benzene rings is 1. The van der Waals surface area contributed by atoms with E-state index in [0.29, 0.717) is 10.5 Å². The van der Waals surface area contributed by atoms with Gasteiger partial charge < -0.3 is 11.5 Å².